The summed E-state index contributed by atoms with van der Waals surface area (Å²) in [5.41, 5.74) is 6.79. The van der Waals surface area contributed by atoms with E-state index < -0.39 is 0 Å². The average Bonchev–Trinajstić information content (AvgIpc) is 2.09. The van der Waals surface area contributed by atoms with Gasteiger partial charge in [0.1, 0.15) is 5.75 Å². The van der Waals surface area contributed by atoms with Crippen LogP contribution in [0.4, 0.5) is 0 Å². The first-order valence-electron chi connectivity index (χ1n) is 3.93. The lowest BCUT2D eigenvalue weighted by Crippen LogP contribution is -2.36. The Kier molecular flexibility index (Phi) is 3.08. The quantitative estimate of drug-likeness (QED) is 0.571. The van der Waals surface area contributed by atoms with Crippen LogP contribution in [-0.2, 0) is 6.42 Å². The summed E-state index contributed by atoms with van der Waals surface area (Å²) >= 11 is 0. The molecule has 1 rings (SSSR count). The maximum absolute atomic E-state index is 9.00. The zero-order chi connectivity index (χ0) is 8.97. The molecule has 3 nitrogen and oxygen atoms in total. The van der Waals surface area contributed by atoms with Crippen molar-refractivity contribution >= 4 is 0 Å². The smallest absolute Gasteiger partial charge is 0.115 e. The molecule has 12 heavy (non-hydrogen) atoms. The molecule has 0 aromatic heterocycles. The van der Waals surface area contributed by atoms with Crippen LogP contribution in [-0.4, -0.2) is 18.3 Å². The zero-order valence-electron chi connectivity index (χ0n) is 7.12. The van der Waals surface area contributed by atoms with E-state index in [2.05, 4.69) is 5.32 Å². The molecule has 0 fully saturated rings. The first kappa shape index (κ1) is 9.03. The van der Waals surface area contributed by atoms with E-state index in [9.17, 15) is 0 Å². The molecular formula is C9H14N2O. The minimum absolute atomic E-state index is 0.0189. The van der Waals surface area contributed by atoms with Crippen LogP contribution in [0.25, 0.3) is 0 Å². The molecule has 0 spiro atoms. The molecule has 0 saturated carbocycles. The topological polar surface area (TPSA) is 58.3 Å². The van der Waals surface area contributed by atoms with Crippen molar-refractivity contribution in [2.24, 2.45) is 5.73 Å². The number of phenolic OH excluding ortho intramolecular Hbond substituents is 1. The summed E-state index contributed by atoms with van der Waals surface area (Å²) < 4.78 is 0. The Labute approximate surface area is 72.2 Å². The molecule has 0 saturated heterocycles. The summed E-state index contributed by atoms with van der Waals surface area (Å²) in [5.74, 6) is 0.289. The third kappa shape index (κ3) is 2.53. The number of phenols is 1. The molecule has 4 N–H and O–H groups in total. The van der Waals surface area contributed by atoms with E-state index in [1.165, 1.54) is 0 Å². The number of nitrogens with two attached hydrogens (primary N) is 1. The summed E-state index contributed by atoms with van der Waals surface area (Å²) in [7, 11) is 1.82. The zero-order valence-corrected chi connectivity index (χ0v) is 7.12. The minimum atomic E-state index is -0.0189. The Bertz CT molecular complexity index is 233. The highest BCUT2D eigenvalue weighted by Gasteiger charge is 1.99. The monoisotopic (exact) mass is 166 g/mol. The summed E-state index contributed by atoms with van der Waals surface area (Å²) in [5, 5.41) is 11.9. The Morgan fingerprint density at radius 2 is 2.00 bits per heavy atom. The van der Waals surface area contributed by atoms with Crippen LogP contribution in [0, 0.1) is 0 Å². The first-order chi connectivity index (χ1) is 5.72. The van der Waals surface area contributed by atoms with Crippen molar-refractivity contribution in [1.29, 1.82) is 0 Å². The van der Waals surface area contributed by atoms with Crippen molar-refractivity contribution in [3.8, 4) is 5.75 Å². The summed E-state index contributed by atoms with van der Waals surface area (Å²) in [6.45, 7) is 0. The van der Waals surface area contributed by atoms with Gasteiger partial charge in [-0.05, 0) is 24.7 Å². The van der Waals surface area contributed by atoms with E-state index in [4.69, 9.17) is 10.8 Å². The highest BCUT2D eigenvalue weighted by atomic mass is 16.3. The largest absolute Gasteiger partial charge is 0.508 e. The first-order valence-corrected chi connectivity index (χ1v) is 3.93. The van der Waals surface area contributed by atoms with E-state index in [0.717, 1.165) is 12.0 Å². The predicted molar refractivity (Wildman–Crippen MR) is 48.8 cm³/mol. The van der Waals surface area contributed by atoms with Gasteiger partial charge in [-0.15, -0.1) is 0 Å². The van der Waals surface area contributed by atoms with Gasteiger partial charge in [0, 0.05) is 6.42 Å². The van der Waals surface area contributed by atoms with Gasteiger partial charge in [-0.2, -0.15) is 0 Å². The minimum Gasteiger partial charge on any atom is -0.508 e. The van der Waals surface area contributed by atoms with Crippen molar-refractivity contribution in [2.45, 2.75) is 12.6 Å². The average molecular weight is 166 g/mol. The molecule has 1 unspecified atom stereocenters. The van der Waals surface area contributed by atoms with Gasteiger partial charge in [0.2, 0.25) is 0 Å². The lowest BCUT2D eigenvalue weighted by atomic mass is 10.1. The summed E-state index contributed by atoms with van der Waals surface area (Å²) in [4.78, 5) is 0. The van der Waals surface area contributed by atoms with Gasteiger partial charge in [0.25, 0.3) is 0 Å². The van der Waals surface area contributed by atoms with E-state index >= 15 is 0 Å². The van der Waals surface area contributed by atoms with Crippen LogP contribution in [0.2, 0.25) is 0 Å². The number of nitrogens with one attached hydrogen (secondary N) is 1. The maximum Gasteiger partial charge on any atom is 0.115 e. The molecule has 0 radical (unpaired) electrons. The Balaban J connectivity index is 2.58. The summed E-state index contributed by atoms with van der Waals surface area (Å²) in [6.07, 6.45) is 0.756. The molecule has 1 aromatic rings. The third-order valence-corrected chi connectivity index (χ3v) is 1.76. The predicted octanol–water partition coefficient (Wildman–Crippen LogP) is 0.439. The van der Waals surface area contributed by atoms with Crippen LogP contribution in [0.15, 0.2) is 24.3 Å². The van der Waals surface area contributed by atoms with Crippen molar-refractivity contribution in [2.75, 3.05) is 7.05 Å². The second-order valence-corrected chi connectivity index (χ2v) is 2.77. The van der Waals surface area contributed by atoms with E-state index in [-0.39, 0.29) is 11.9 Å². The summed E-state index contributed by atoms with van der Waals surface area (Å²) in [6, 6.07) is 7.06. The normalized spacial score (nSPS) is 12.8. The SMILES string of the molecule is CNC(N)Cc1ccc(O)cc1. The molecule has 1 aromatic carbocycles. The van der Waals surface area contributed by atoms with Gasteiger partial charge in [-0.25, -0.2) is 0 Å². The Hall–Kier alpha value is -1.06. The van der Waals surface area contributed by atoms with Crippen LogP contribution in [0.1, 0.15) is 5.56 Å². The Morgan fingerprint density at radius 3 is 2.50 bits per heavy atom. The molecule has 66 valence electrons. The van der Waals surface area contributed by atoms with Crippen LogP contribution in [0.5, 0.6) is 5.75 Å². The van der Waals surface area contributed by atoms with Crippen LogP contribution < -0.4 is 11.1 Å². The second-order valence-electron chi connectivity index (χ2n) is 2.77. The molecular weight excluding hydrogens is 152 g/mol. The lowest BCUT2D eigenvalue weighted by Gasteiger charge is -2.09. The van der Waals surface area contributed by atoms with Gasteiger partial charge in [0.05, 0.1) is 6.17 Å². The van der Waals surface area contributed by atoms with Gasteiger partial charge in [-0.1, -0.05) is 12.1 Å². The van der Waals surface area contributed by atoms with E-state index in [1.807, 2.05) is 19.2 Å². The molecule has 0 aliphatic rings. The van der Waals surface area contributed by atoms with Crippen molar-refractivity contribution in [3.05, 3.63) is 29.8 Å². The number of hydrogen-bond acceptors (Lipinski definition) is 3. The van der Waals surface area contributed by atoms with Crippen molar-refractivity contribution < 1.29 is 5.11 Å². The fourth-order valence-corrected chi connectivity index (χ4v) is 0.988. The standard InChI is InChI=1S/C9H14N2O/c1-11-9(10)6-7-2-4-8(12)5-3-7/h2-5,9,11-12H,6,10H2,1H3. The van der Waals surface area contributed by atoms with Crippen molar-refractivity contribution in [1.82, 2.24) is 5.32 Å². The number of hydrogen-bond donors (Lipinski definition) is 3. The number of benzene rings is 1. The maximum atomic E-state index is 9.00. The highest BCUT2D eigenvalue weighted by Crippen LogP contribution is 2.10. The molecule has 3 heteroatoms. The highest BCUT2D eigenvalue weighted by molar-refractivity contribution is 5.26. The molecule has 0 aliphatic carbocycles. The molecule has 0 bridgehead atoms. The van der Waals surface area contributed by atoms with Gasteiger partial charge in [-0.3, -0.25) is 0 Å². The number of aromatic hydroxyl groups is 1. The molecule has 0 amide bonds. The lowest BCUT2D eigenvalue weighted by molar-refractivity contribution is 0.474. The van der Waals surface area contributed by atoms with Crippen molar-refractivity contribution in [3.63, 3.8) is 0 Å². The molecule has 0 aliphatic heterocycles. The van der Waals surface area contributed by atoms with Crippen LogP contribution in [0.3, 0.4) is 0 Å². The molecule has 0 heterocycles. The van der Waals surface area contributed by atoms with E-state index in [0.29, 0.717) is 0 Å². The fourth-order valence-electron chi connectivity index (χ4n) is 0.988. The van der Waals surface area contributed by atoms with Crippen LogP contribution >= 0.6 is 0 Å². The fraction of sp³-hybridized carbons (Fsp3) is 0.333. The number of rotatable bonds is 3. The van der Waals surface area contributed by atoms with Gasteiger partial charge in [0.15, 0.2) is 0 Å². The number of likely N-dealkylation sites (N-methyl/N-ethyl adjacent to an activating group) is 1. The molecule has 1 atom stereocenters. The third-order valence-electron chi connectivity index (χ3n) is 1.76. The second kappa shape index (κ2) is 4.09. The van der Waals surface area contributed by atoms with Gasteiger partial charge >= 0.3 is 0 Å². The van der Waals surface area contributed by atoms with Gasteiger partial charge < -0.3 is 16.2 Å². The van der Waals surface area contributed by atoms with E-state index in [1.54, 1.807) is 12.1 Å². The Morgan fingerprint density at radius 1 is 1.42 bits per heavy atom.